The Morgan fingerprint density at radius 1 is 1.04 bits per heavy atom. The molecule has 1 aliphatic heterocycles. The number of hydrogen-bond acceptors (Lipinski definition) is 2. The molecule has 2 aromatic rings. The van der Waals surface area contributed by atoms with Crippen molar-refractivity contribution in [3.8, 4) is 0 Å². The molecule has 0 radical (unpaired) electrons. The second-order valence-corrected chi connectivity index (χ2v) is 7.47. The normalized spacial score (nSPS) is 16.4. The number of piperazine rings is 1. The van der Waals surface area contributed by atoms with Gasteiger partial charge in [0.1, 0.15) is 0 Å². The molecule has 1 atom stereocenters. The number of carbonyl (C=O) groups excluding carboxylic acids is 1. The Morgan fingerprint density at radius 2 is 1.62 bits per heavy atom. The van der Waals surface area contributed by atoms with Gasteiger partial charge in [-0.05, 0) is 51.0 Å². The van der Waals surface area contributed by atoms with E-state index >= 15 is 0 Å². The third-order valence-corrected chi connectivity index (χ3v) is 5.46. The fraction of sp³-hybridized carbons (Fsp3) is 0.409. The van der Waals surface area contributed by atoms with Crippen molar-refractivity contribution in [1.82, 2.24) is 0 Å². The predicted molar refractivity (Wildman–Crippen MR) is 108 cm³/mol. The number of amides is 1. The Morgan fingerprint density at radius 3 is 2.19 bits per heavy atom. The largest absolute Gasteiger partial charge is 0.360 e. The number of rotatable bonds is 4. The van der Waals surface area contributed by atoms with Crippen LogP contribution >= 0.6 is 0 Å². The Balaban J connectivity index is 1.60. The van der Waals surface area contributed by atoms with Crippen molar-refractivity contribution >= 4 is 17.3 Å². The topological polar surface area (TPSA) is 36.8 Å². The number of nitrogens with zero attached hydrogens (tertiary/aromatic N) is 1. The second kappa shape index (κ2) is 7.92. The van der Waals surface area contributed by atoms with E-state index < -0.39 is 0 Å². The van der Waals surface area contributed by atoms with E-state index in [4.69, 9.17) is 0 Å². The number of hydrogen-bond donors (Lipinski definition) is 2. The summed E-state index contributed by atoms with van der Waals surface area (Å²) in [6.07, 6.45) is 0. The lowest BCUT2D eigenvalue weighted by Crippen LogP contribution is -3.19. The molecule has 0 bridgehead atoms. The molecule has 4 heteroatoms. The van der Waals surface area contributed by atoms with Gasteiger partial charge in [-0.25, -0.2) is 0 Å². The standard InChI is InChI=1S/C22H29N3O/c1-16-14-17(2)21(18(3)15-16)23-22(26)19(4)24-10-12-25(13-11-24)20-8-6-5-7-9-20/h5-9,14-15,19H,10-13H2,1-4H3,(H,23,26)/p+1/t19-/m1/s1. The Bertz CT molecular complexity index is 741. The van der Waals surface area contributed by atoms with Crippen LogP contribution in [0, 0.1) is 20.8 Å². The molecule has 26 heavy (non-hydrogen) atoms. The average molecular weight is 353 g/mol. The van der Waals surface area contributed by atoms with Gasteiger partial charge >= 0.3 is 0 Å². The minimum atomic E-state index is -0.0481. The minimum absolute atomic E-state index is 0.0481. The Labute approximate surface area is 156 Å². The third-order valence-electron chi connectivity index (χ3n) is 5.46. The predicted octanol–water partition coefficient (Wildman–Crippen LogP) is 2.34. The average Bonchev–Trinajstić information content (AvgIpc) is 2.64. The molecule has 138 valence electrons. The fourth-order valence-corrected chi connectivity index (χ4v) is 3.92. The maximum Gasteiger partial charge on any atom is 0.282 e. The van der Waals surface area contributed by atoms with Crippen molar-refractivity contribution < 1.29 is 9.69 Å². The van der Waals surface area contributed by atoms with Crippen LogP contribution in [0.4, 0.5) is 11.4 Å². The van der Waals surface area contributed by atoms with Crippen LogP contribution in [0.3, 0.4) is 0 Å². The van der Waals surface area contributed by atoms with Crippen LogP contribution in [0.2, 0.25) is 0 Å². The van der Waals surface area contributed by atoms with Crippen LogP contribution in [0.15, 0.2) is 42.5 Å². The van der Waals surface area contributed by atoms with Gasteiger partial charge in [0, 0.05) is 11.4 Å². The summed E-state index contributed by atoms with van der Waals surface area (Å²) in [6, 6.07) is 14.7. The van der Waals surface area contributed by atoms with Crippen molar-refractivity contribution in [2.24, 2.45) is 0 Å². The molecule has 1 saturated heterocycles. The maximum absolute atomic E-state index is 12.8. The summed E-state index contributed by atoms with van der Waals surface area (Å²) in [7, 11) is 0. The molecule has 1 aliphatic rings. The first-order valence-electron chi connectivity index (χ1n) is 9.49. The lowest BCUT2D eigenvalue weighted by molar-refractivity contribution is -0.914. The highest BCUT2D eigenvalue weighted by atomic mass is 16.2. The smallest absolute Gasteiger partial charge is 0.282 e. The van der Waals surface area contributed by atoms with Crippen molar-refractivity contribution in [2.45, 2.75) is 33.7 Å². The Hall–Kier alpha value is -2.33. The highest BCUT2D eigenvalue weighted by molar-refractivity contribution is 5.95. The summed E-state index contributed by atoms with van der Waals surface area (Å²) in [6.45, 7) is 12.2. The molecule has 2 aromatic carbocycles. The zero-order chi connectivity index (χ0) is 18.7. The monoisotopic (exact) mass is 352 g/mol. The number of benzene rings is 2. The molecule has 4 nitrogen and oxygen atoms in total. The number of carbonyl (C=O) groups is 1. The summed E-state index contributed by atoms with van der Waals surface area (Å²) >= 11 is 0. The van der Waals surface area contributed by atoms with E-state index in [-0.39, 0.29) is 11.9 Å². The van der Waals surface area contributed by atoms with Crippen LogP contribution in [-0.4, -0.2) is 38.1 Å². The quantitative estimate of drug-likeness (QED) is 0.886. The van der Waals surface area contributed by atoms with E-state index in [2.05, 4.69) is 67.4 Å². The van der Waals surface area contributed by atoms with E-state index in [0.29, 0.717) is 0 Å². The van der Waals surface area contributed by atoms with Crippen molar-refractivity contribution in [1.29, 1.82) is 0 Å². The first kappa shape index (κ1) is 18.5. The van der Waals surface area contributed by atoms with Gasteiger partial charge in [0.05, 0.1) is 26.2 Å². The van der Waals surface area contributed by atoms with E-state index in [1.807, 2.05) is 13.0 Å². The summed E-state index contributed by atoms with van der Waals surface area (Å²) in [5.74, 6) is 0.114. The van der Waals surface area contributed by atoms with Gasteiger partial charge in [-0.1, -0.05) is 35.9 Å². The van der Waals surface area contributed by atoms with E-state index in [1.54, 1.807) is 0 Å². The molecule has 1 amide bonds. The zero-order valence-electron chi connectivity index (χ0n) is 16.3. The maximum atomic E-state index is 12.8. The molecule has 0 saturated carbocycles. The van der Waals surface area contributed by atoms with Crippen LogP contribution < -0.4 is 15.1 Å². The van der Waals surface area contributed by atoms with Crippen molar-refractivity contribution in [3.05, 3.63) is 59.2 Å². The van der Waals surface area contributed by atoms with Crippen LogP contribution in [0.25, 0.3) is 0 Å². The first-order valence-corrected chi connectivity index (χ1v) is 9.49. The van der Waals surface area contributed by atoms with Crippen LogP contribution in [-0.2, 0) is 4.79 Å². The van der Waals surface area contributed by atoms with E-state index in [0.717, 1.165) is 43.0 Å². The lowest BCUT2D eigenvalue weighted by atomic mass is 10.0. The van der Waals surface area contributed by atoms with Gasteiger partial charge in [-0.15, -0.1) is 0 Å². The molecular weight excluding hydrogens is 322 g/mol. The molecule has 1 heterocycles. The molecule has 2 N–H and O–H groups in total. The van der Waals surface area contributed by atoms with Crippen molar-refractivity contribution in [3.63, 3.8) is 0 Å². The fourth-order valence-electron chi connectivity index (χ4n) is 3.92. The van der Waals surface area contributed by atoms with Gasteiger partial charge in [0.25, 0.3) is 5.91 Å². The van der Waals surface area contributed by atoms with Crippen LogP contribution in [0.5, 0.6) is 0 Å². The first-order chi connectivity index (χ1) is 12.5. The SMILES string of the molecule is Cc1cc(C)c(NC(=O)[C@@H](C)[NH+]2CCN(c3ccccc3)CC2)c(C)c1. The minimum Gasteiger partial charge on any atom is -0.360 e. The van der Waals surface area contributed by atoms with Gasteiger partial charge in [-0.3, -0.25) is 4.79 Å². The molecule has 3 rings (SSSR count). The summed E-state index contributed by atoms with van der Waals surface area (Å²) < 4.78 is 0. The third kappa shape index (κ3) is 4.07. The number of quaternary nitrogens is 1. The Kier molecular flexibility index (Phi) is 5.62. The number of nitrogens with one attached hydrogen (secondary N) is 2. The zero-order valence-corrected chi connectivity index (χ0v) is 16.3. The summed E-state index contributed by atoms with van der Waals surface area (Å²) in [5.41, 5.74) is 5.73. The van der Waals surface area contributed by atoms with Gasteiger partial charge in [0.2, 0.25) is 0 Å². The highest BCUT2D eigenvalue weighted by Gasteiger charge is 2.29. The van der Waals surface area contributed by atoms with Gasteiger partial charge in [-0.2, -0.15) is 0 Å². The number of para-hydroxylation sites is 1. The molecular formula is C22H30N3O+. The van der Waals surface area contributed by atoms with Gasteiger partial charge in [0.15, 0.2) is 6.04 Å². The van der Waals surface area contributed by atoms with Crippen LogP contribution in [0.1, 0.15) is 23.6 Å². The lowest BCUT2D eigenvalue weighted by Gasteiger charge is -2.36. The molecule has 0 spiro atoms. The van der Waals surface area contributed by atoms with E-state index in [9.17, 15) is 4.79 Å². The molecule has 0 aromatic heterocycles. The number of aryl methyl sites for hydroxylation is 3. The molecule has 0 unspecified atom stereocenters. The second-order valence-electron chi connectivity index (χ2n) is 7.47. The van der Waals surface area contributed by atoms with Gasteiger partial charge < -0.3 is 15.1 Å². The highest BCUT2D eigenvalue weighted by Crippen LogP contribution is 2.22. The molecule has 1 fully saturated rings. The molecule has 0 aliphatic carbocycles. The number of anilines is 2. The summed E-state index contributed by atoms with van der Waals surface area (Å²) in [4.78, 5) is 16.6. The summed E-state index contributed by atoms with van der Waals surface area (Å²) in [5, 5.41) is 3.17. The van der Waals surface area contributed by atoms with Crippen molar-refractivity contribution in [2.75, 3.05) is 36.4 Å². The van der Waals surface area contributed by atoms with E-state index in [1.165, 1.54) is 16.2 Å².